The Labute approximate surface area is 318 Å². The van der Waals surface area contributed by atoms with Crippen molar-refractivity contribution in [2.24, 2.45) is 0 Å². The molecular formula is C48H96N2. The van der Waals surface area contributed by atoms with E-state index in [1.165, 1.54) is 258 Å². The van der Waals surface area contributed by atoms with Crippen LogP contribution in [0.3, 0.4) is 0 Å². The highest BCUT2D eigenvalue weighted by Gasteiger charge is 2.07. The van der Waals surface area contributed by atoms with Crippen LogP contribution in [0.15, 0.2) is 24.3 Å². The largest absolute Gasteiger partial charge is 0.303 e. The molecule has 0 amide bonds. The highest BCUT2D eigenvalue weighted by Crippen LogP contribution is 2.13. The Kier molecular flexibility index (Phi) is 44.0. The van der Waals surface area contributed by atoms with E-state index in [9.17, 15) is 0 Å². The third-order valence-electron chi connectivity index (χ3n) is 10.8. The van der Waals surface area contributed by atoms with Gasteiger partial charge in [0.15, 0.2) is 0 Å². The average Bonchev–Trinajstić information content (AvgIpc) is 3.13. The molecule has 0 N–H and O–H groups in total. The van der Waals surface area contributed by atoms with Gasteiger partial charge >= 0.3 is 0 Å². The molecule has 50 heavy (non-hydrogen) atoms. The first kappa shape index (κ1) is 49.4. The molecule has 0 aromatic carbocycles. The Balaban J connectivity index is 3.88. The molecule has 0 saturated carbocycles. The van der Waals surface area contributed by atoms with Crippen LogP contribution in [0.1, 0.15) is 246 Å². The van der Waals surface area contributed by atoms with Gasteiger partial charge in [-0.1, -0.05) is 180 Å². The number of allylic oxidation sites excluding steroid dienone is 4. The Morgan fingerprint density at radius 3 is 0.700 bits per heavy atom. The van der Waals surface area contributed by atoms with E-state index >= 15 is 0 Å². The summed E-state index contributed by atoms with van der Waals surface area (Å²) in [4.78, 5) is 5.61. The number of unbranched alkanes of at least 4 members (excludes halogenated alkanes) is 27. The zero-order valence-electron chi connectivity index (χ0n) is 35.5. The minimum Gasteiger partial charge on any atom is -0.303 e. The van der Waals surface area contributed by atoms with Crippen LogP contribution in [0.25, 0.3) is 0 Å². The number of rotatable bonds is 43. The first-order chi connectivity index (χ1) is 24.8. The highest BCUT2D eigenvalue weighted by molar-refractivity contribution is 4.82. The van der Waals surface area contributed by atoms with Crippen LogP contribution in [-0.2, 0) is 0 Å². The predicted octanol–water partition coefficient (Wildman–Crippen LogP) is 16.0. The molecule has 0 aromatic heterocycles. The van der Waals surface area contributed by atoms with Crippen LogP contribution >= 0.6 is 0 Å². The summed E-state index contributed by atoms with van der Waals surface area (Å²) >= 11 is 0. The van der Waals surface area contributed by atoms with Crippen molar-refractivity contribution >= 4 is 0 Å². The van der Waals surface area contributed by atoms with Crippen molar-refractivity contribution in [3.05, 3.63) is 24.3 Å². The summed E-state index contributed by atoms with van der Waals surface area (Å²) in [6.07, 6.45) is 57.2. The summed E-state index contributed by atoms with van der Waals surface area (Å²) in [6, 6.07) is 0. The molecule has 0 aliphatic carbocycles. The maximum atomic E-state index is 2.81. The molecule has 0 unspecified atom stereocenters. The molecule has 298 valence electrons. The molecule has 0 atom stereocenters. The molecule has 0 spiro atoms. The molecule has 2 heteroatoms. The van der Waals surface area contributed by atoms with Gasteiger partial charge in [-0.2, -0.15) is 0 Å². The SMILES string of the molecule is CCCCCCCCC=CCCCCCCCCN(CCCC)CCCCN(CCCC)CCCCCCCC/C=C\CCCCCCCC. The first-order valence-electron chi connectivity index (χ1n) is 23.5. The fourth-order valence-electron chi connectivity index (χ4n) is 7.27. The molecule has 0 rings (SSSR count). The third kappa shape index (κ3) is 40.2. The van der Waals surface area contributed by atoms with Gasteiger partial charge in [-0.3, -0.25) is 0 Å². The molecule has 2 nitrogen and oxygen atoms in total. The quantitative estimate of drug-likeness (QED) is 0.0461. The lowest BCUT2D eigenvalue weighted by molar-refractivity contribution is 0.231. The van der Waals surface area contributed by atoms with Crippen molar-refractivity contribution in [1.82, 2.24) is 9.80 Å². The molecule has 0 aliphatic heterocycles. The number of hydrogen-bond acceptors (Lipinski definition) is 2. The fraction of sp³-hybridized carbons (Fsp3) is 0.917. The lowest BCUT2D eigenvalue weighted by Crippen LogP contribution is -2.30. The summed E-state index contributed by atoms with van der Waals surface area (Å²) in [6.45, 7) is 17.2. The van der Waals surface area contributed by atoms with Crippen molar-refractivity contribution in [3.8, 4) is 0 Å². The van der Waals surface area contributed by atoms with E-state index < -0.39 is 0 Å². The predicted molar refractivity (Wildman–Crippen MR) is 231 cm³/mol. The van der Waals surface area contributed by atoms with Crippen LogP contribution < -0.4 is 0 Å². The summed E-state index contributed by atoms with van der Waals surface area (Å²) in [5, 5.41) is 0. The van der Waals surface area contributed by atoms with E-state index in [0.29, 0.717) is 0 Å². The van der Waals surface area contributed by atoms with Gasteiger partial charge < -0.3 is 9.80 Å². The smallest absolute Gasteiger partial charge is 0.00183 e. The van der Waals surface area contributed by atoms with Gasteiger partial charge in [0.05, 0.1) is 0 Å². The maximum Gasteiger partial charge on any atom is -0.00183 e. The standard InChI is InChI=1S/C48H96N2/c1-5-9-13-15-17-19-21-23-25-27-29-31-33-35-37-39-45-49(43-11-7-3)47-41-42-48-50(44-12-8-4)46-40-38-36-34-32-30-28-26-24-22-20-18-16-14-10-6-2/h23-26H,5-22,27-48H2,1-4H3/b25-23-,26-24?. The molecule has 0 saturated heterocycles. The van der Waals surface area contributed by atoms with Crippen LogP contribution in [0.5, 0.6) is 0 Å². The van der Waals surface area contributed by atoms with Gasteiger partial charge in [0.25, 0.3) is 0 Å². The van der Waals surface area contributed by atoms with E-state index in [4.69, 9.17) is 0 Å². The van der Waals surface area contributed by atoms with Crippen molar-refractivity contribution in [3.63, 3.8) is 0 Å². The molecule has 0 bridgehead atoms. The Bertz CT molecular complexity index is 599. The minimum atomic E-state index is 1.30. The van der Waals surface area contributed by atoms with Crippen molar-refractivity contribution in [2.45, 2.75) is 246 Å². The van der Waals surface area contributed by atoms with Crippen molar-refractivity contribution in [1.29, 1.82) is 0 Å². The van der Waals surface area contributed by atoms with E-state index in [1.54, 1.807) is 0 Å². The summed E-state index contributed by atoms with van der Waals surface area (Å²) in [5.41, 5.74) is 0. The van der Waals surface area contributed by atoms with Crippen LogP contribution in [0.2, 0.25) is 0 Å². The lowest BCUT2D eigenvalue weighted by Gasteiger charge is -2.25. The minimum absolute atomic E-state index is 1.30. The van der Waals surface area contributed by atoms with E-state index in [0.717, 1.165) is 0 Å². The van der Waals surface area contributed by atoms with Gasteiger partial charge in [0.1, 0.15) is 0 Å². The zero-order chi connectivity index (χ0) is 36.3. The van der Waals surface area contributed by atoms with Crippen LogP contribution in [0.4, 0.5) is 0 Å². The second-order valence-electron chi connectivity index (χ2n) is 16.0. The van der Waals surface area contributed by atoms with Gasteiger partial charge in [-0.15, -0.1) is 0 Å². The van der Waals surface area contributed by atoms with Gasteiger partial charge in [-0.05, 0) is 129 Å². The first-order valence-corrected chi connectivity index (χ1v) is 23.5. The van der Waals surface area contributed by atoms with Gasteiger partial charge in [0.2, 0.25) is 0 Å². The topological polar surface area (TPSA) is 6.48 Å². The lowest BCUT2D eigenvalue weighted by atomic mass is 10.1. The fourth-order valence-corrected chi connectivity index (χ4v) is 7.27. The Morgan fingerprint density at radius 1 is 0.220 bits per heavy atom. The molecule has 0 aromatic rings. The monoisotopic (exact) mass is 701 g/mol. The molecule has 0 heterocycles. The van der Waals surface area contributed by atoms with Crippen LogP contribution in [0, 0.1) is 0 Å². The van der Waals surface area contributed by atoms with Crippen molar-refractivity contribution < 1.29 is 0 Å². The molecule has 0 aliphatic rings. The van der Waals surface area contributed by atoms with Gasteiger partial charge in [0, 0.05) is 0 Å². The Hall–Kier alpha value is -0.600. The van der Waals surface area contributed by atoms with Gasteiger partial charge in [-0.25, -0.2) is 0 Å². The summed E-state index contributed by atoms with van der Waals surface area (Å²) in [5.74, 6) is 0. The zero-order valence-corrected chi connectivity index (χ0v) is 35.5. The number of hydrogen-bond donors (Lipinski definition) is 0. The molecule has 0 fully saturated rings. The van der Waals surface area contributed by atoms with E-state index in [2.05, 4.69) is 61.8 Å². The molecule has 0 radical (unpaired) electrons. The second-order valence-corrected chi connectivity index (χ2v) is 16.0. The highest BCUT2D eigenvalue weighted by atomic mass is 15.1. The maximum absolute atomic E-state index is 2.81. The van der Waals surface area contributed by atoms with Crippen LogP contribution in [-0.4, -0.2) is 49.1 Å². The normalized spacial score (nSPS) is 12.2. The average molecular weight is 701 g/mol. The Morgan fingerprint density at radius 2 is 0.420 bits per heavy atom. The second kappa shape index (κ2) is 44.6. The van der Waals surface area contributed by atoms with E-state index in [1.807, 2.05) is 0 Å². The third-order valence-corrected chi connectivity index (χ3v) is 10.8. The van der Waals surface area contributed by atoms with E-state index in [-0.39, 0.29) is 0 Å². The van der Waals surface area contributed by atoms with Crippen molar-refractivity contribution in [2.75, 3.05) is 39.3 Å². The summed E-state index contributed by atoms with van der Waals surface area (Å²) < 4.78 is 0. The molecular weight excluding hydrogens is 605 g/mol. The number of nitrogens with zero attached hydrogens (tertiary/aromatic N) is 2. The summed E-state index contributed by atoms with van der Waals surface area (Å²) in [7, 11) is 0.